The summed E-state index contributed by atoms with van der Waals surface area (Å²) in [5.74, 6) is 2.44. The number of benzene rings is 2. The zero-order chi connectivity index (χ0) is 20.9. The van der Waals surface area contributed by atoms with E-state index in [9.17, 15) is 0 Å². The highest BCUT2D eigenvalue weighted by Crippen LogP contribution is 2.49. The molecule has 2 aromatic carbocycles. The van der Waals surface area contributed by atoms with Gasteiger partial charge >= 0.3 is 0 Å². The molecule has 0 aromatic heterocycles. The molecule has 1 N–H and O–H groups in total. The molecule has 4 rings (SSSR count). The van der Waals surface area contributed by atoms with Crippen LogP contribution in [0.15, 0.2) is 35.5 Å². The van der Waals surface area contributed by atoms with Crippen molar-refractivity contribution in [2.75, 3.05) is 34.1 Å². The van der Waals surface area contributed by atoms with Gasteiger partial charge < -0.3 is 29.1 Å². The lowest BCUT2D eigenvalue weighted by Crippen LogP contribution is -2.25. The second kappa shape index (κ2) is 9.45. The number of fused-ring (bicyclic) bond motifs is 1. The quantitative estimate of drug-likeness (QED) is 0.610. The molecule has 0 unspecified atom stereocenters. The number of halogens is 1. The van der Waals surface area contributed by atoms with Crippen LogP contribution in [0.5, 0.6) is 23.0 Å². The fourth-order valence-corrected chi connectivity index (χ4v) is 3.78. The summed E-state index contributed by atoms with van der Waals surface area (Å²) in [6.07, 6.45) is 2.27. The van der Waals surface area contributed by atoms with E-state index in [1.807, 2.05) is 30.3 Å². The average molecular weight is 433 g/mol. The molecule has 1 atom stereocenters. The maximum absolute atomic E-state index is 5.92. The molecule has 0 fully saturated rings. The first kappa shape index (κ1) is 20.6. The smallest absolute Gasteiger partial charge is 0.231 e. The van der Waals surface area contributed by atoms with Gasteiger partial charge in [0, 0.05) is 30.0 Å². The Labute approximate surface area is 180 Å². The van der Waals surface area contributed by atoms with Crippen LogP contribution in [0, 0.1) is 0 Å². The van der Waals surface area contributed by atoms with Gasteiger partial charge in [0.1, 0.15) is 6.10 Å². The number of ether oxygens (including phenoxy) is 4. The van der Waals surface area contributed by atoms with Crippen LogP contribution in [0.3, 0.4) is 0 Å². The first-order valence-corrected chi connectivity index (χ1v) is 10.3. The van der Waals surface area contributed by atoms with E-state index >= 15 is 0 Å². The third-order valence-corrected chi connectivity index (χ3v) is 5.39. The number of nitrogens with zero attached hydrogens (tertiary/aromatic N) is 1. The molecule has 0 aliphatic carbocycles. The number of rotatable bonds is 9. The second-order valence-corrected chi connectivity index (χ2v) is 7.62. The Hall–Kier alpha value is -2.64. The van der Waals surface area contributed by atoms with Gasteiger partial charge in [0.25, 0.3) is 0 Å². The Morgan fingerprint density at radius 2 is 1.93 bits per heavy atom. The lowest BCUT2D eigenvalue weighted by Gasteiger charge is -2.15. The number of nitrogens with one attached hydrogen (secondary N) is 1. The molecule has 7 nitrogen and oxygen atoms in total. The third-order valence-electron chi connectivity index (χ3n) is 5.14. The molecular formula is C22H25ClN2O5. The Kier molecular flexibility index (Phi) is 6.50. The molecule has 2 aromatic rings. The van der Waals surface area contributed by atoms with E-state index in [2.05, 4.69) is 10.5 Å². The standard InChI is InChI=1S/C22H25ClN2O5/c1-26-19-10-15(20(27-2)22-21(19)28-13-29-22)9-18-11-17(25-30-18)12-24-8-7-14-3-5-16(23)6-4-14/h3-6,10,18,24H,7-9,11-13H2,1-2H3/t18-/m1/s1. The SMILES string of the molecule is COc1cc(C[C@@H]2CC(CNCCc3ccc(Cl)cc3)=NO2)c(OC)c2c1OCO2. The van der Waals surface area contributed by atoms with Crippen molar-refractivity contribution >= 4 is 17.3 Å². The minimum Gasteiger partial charge on any atom is -0.493 e. The minimum absolute atomic E-state index is 0.0583. The number of methoxy groups -OCH3 is 2. The van der Waals surface area contributed by atoms with Crippen LogP contribution in [0.25, 0.3) is 0 Å². The Morgan fingerprint density at radius 3 is 2.70 bits per heavy atom. The van der Waals surface area contributed by atoms with Crippen molar-refractivity contribution in [3.8, 4) is 23.0 Å². The molecule has 2 aliphatic heterocycles. The first-order valence-electron chi connectivity index (χ1n) is 9.88. The van der Waals surface area contributed by atoms with Crippen molar-refractivity contribution in [1.82, 2.24) is 5.32 Å². The maximum Gasteiger partial charge on any atom is 0.231 e. The number of hydrogen-bond acceptors (Lipinski definition) is 7. The average Bonchev–Trinajstić information content (AvgIpc) is 3.42. The van der Waals surface area contributed by atoms with Crippen LogP contribution < -0.4 is 24.3 Å². The fourth-order valence-electron chi connectivity index (χ4n) is 3.65. The van der Waals surface area contributed by atoms with Gasteiger partial charge in [0.15, 0.2) is 11.5 Å². The molecule has 2 aliphatic rings. The lowest BCUT2D eigenvalue weighted by atomic mass is 10.0. The van der Waals surface area contributed by atoms with Crippen LogP contribution in [-0.4, -0.2) is 45.9 Å². The summed E-state index contributed by atoms with van der Waals surface area (Å²) in [7, 11) is 3.23. The fraction of sp³-hybridized carbons (Fsp3) is 0.409. The highest BCUT2D eigenvalue weighted by molar-refractivity contribution is 6.30. The second-order valence-electron chi connectivity index (χ2n) is 7.18. The zero-order valence-corrected chi connectivity index (χ0v) is 17.8. The van der Waals surface area contributed by atoms with Crippen molar-refractivity contribution in [1.29, 1.82) is 0 Å². The maximum atomic E-state index is 5.92. The summed E-state index contributed by atoms with van der Waals surface area (Å²) < 4.78 is 22.1. The van der Waals surface area contributed by atoms with Gasteiger partial charge in [-0.25, -0.2) is 0 Å². The van der Waals surface area contributed by atoms with E-state index in [1.165, 1.54) is 5.56 Å². The normalized spacial score (nSPS) is 16.9. The minimum atomic E-state index is -0.0583. The summed E-state index contributed by atoms with van der Waals surface area (Å²) in [5.41, 5.74) is 3.19. The predicted octanol–water partition coefficient (Wildman–Crippen LogP) is 3.61. The van der Waals surface area contributed by atoms with E-state index in [1.54, 1.807) is 14.2 Å². The van der Waals surface area contributed by atoms with Gasteiger partial charge in [-0.05, 0) is 36.7 Å². The summed E-state index contributed by atoms with van der Waals surface area (Å²) in [6.45, 7) is 1.71. The van der Waals surface area contributed by atoms with Gasteiger partial charge in [0.05, 0.1) is 19.9 Å². The Morgan fingerprint density at radius 1 is 1.13 bits per heavy atom. The monoisotopic (exact) mass is 432 g/mol. The van der Waals surface area contributed by atoms with Crippen LogP contribution >= 0.6 is 11.6 Å². The molecule has 0 spiro atoms. The molecule has 2 heterocycles. The van der Waals surface area contributed by atoms with Gasteiger partial charge in [0.2, 0.25) is 18.3 Å². The highest BCUT2D eigenvalue weighted by atomic mass is 35.5. The van der Waals surface area contributed by atoms with E-state index in [-0.39, 0.29) is 12.9 Å². The van der Waals surface area contributed by atoms with Gasteiger partial charge in [-0.3, -0.25) is 0 Å². The lowest BCUT2D eigenvalue weighted by molar-refractivity contribution is 0.0853. The van der Waals surface area contributed by atoms with E-state index in [0.29, 0.717) is 36.0 Å². The molecular weight excluding hydrogens is 408 g/mol. The molecule has 0 bridgehead atoms. The molecule has 0 saturated carbocycles. The van der Waals surface area contributed by atoms with E-state index in [0.717, 1.165) is 35.7 Å². The van der Waals surface area contributed by atoms with Gasteiger partial charge in [-0.15, -0.1) is 0 Å². The molecule has 0 amide bonds. The Bertz CT molecular complexity index is 917. The van der Waals surface area contributed by atoms with Gasteiger partial charge in [-0.2, -0.15) is 0 Å². The van der Waals surface area contributed by atoms with Crippen LogP contribution in [-0.2, 0) is 17.7 Å². The molecule has 30 heavy (non-hydrogen) atoms. The van der Waals surface area contributed by atoms with E-state index < -0.39 is 0 Å². The van der Waals surface area contributed by atoms with Crippen LogP contribution in [0.4, 0.5) is 0 Å². The molecule has 0 saturated heterocycles. The van der Waals surface area contributed by atoms with Crippen molar-refractivity contribution < 1.29 is 23.8 Å². The summed E-state index contributed by atoms with van der Waals surface area (Å²) >= 11 is 5.92. The van der Waals surface area contributed by atoms with Crippen molar-refractivity contribution in [3.05, 3.63) is 46.5 Å². The number of hydrogen-bond donors (Lipinski definition) is 1. The van der Waals surface area contributed by atoms with Crippen molar-refractivity contribution in [2.45, 2.75) is 25.4 Å². The van der Waals surface area contributed by atoms with Gasteiger partial charge in [-0.1, -0.05) is 28.9 Å². The largest absolute Gasteiger partial charge is 0.493 e. The molecule has 160 valence electrons. The summed E-state index contributed by atoms with van der Waals surface area (Å²) in [4.78, 5) is 5.66. The first-order chi connectivity index (χ1) is 14.7. The molecule has 8 heteroatoms. The topological polar surface area (TPSA) is 70.5 Å². The number of oxime groups is 1. The van der Waals surface area contributed by atoms with Crippen molar-refractivity contribution in [3.63, 3.8) is 0 Å². The third kappa shape index (κ3) is 4.57. The Balaban J connectivity index is 1.29. The predicted molar refractivity (Wildman–Crippen MR) is 114 cm³/mol. The molecule has 0 radical (unpaired) electrons. The highest BCUT2D eigenvalue weighted by Gasteiger charge is 2.30. The summed E-state index contributed by atoms with van der Waals surface area (Å²) in [5, 5.41) is 8.43. The summed E-state index contributed by atoms with van der Waals surface area (Å²) in [6, 6.07) is 9.83. The van der Waals surface area contributed by atoms with Crippen LogP contribution in [0.1, 0.15) is 17.5 Å². The van der Waals surface area contributed by atoms with E-state index in [4.69, 9.17) is 35.4 Å². The van der Waals surface area contributed by atoms with Crippen LogP contribution in [0.2, 0.25) is 5.02 Å². The van der Waals surface area contributed by atoms with Crippen molar-refractivity contribution in [2.24, 2.45) is 5.16 Å². The zero-order valence-electron chi connectivity index (χ0n) is 17.1.